The smallest absolute Gasteiger partial charge is 0.326 e. The molecule has 0 aromatic heterocycles. The first-order chi connectivity index (χ1) is 13.3. The van der Waals surface area contributed by atoms with Crippen LogP contribution < -0.4 is 10.6 Å². The Morgan fingerprint density at radius 2 is 2.00 bits per heavy atom. The summed E-state index contributed by atoms with van der Waals surface area (Å²) in [6.07, 6.45) is 2.43. The van der Waals surface area contributed by atoms with Gasteiger partial charge in [0.05, 0.1) is 0 Å². The van der Waals surface area contributed by atoms with E-state index in [0.717, 1.165) is 28.9 Å². The molecule has 0 unspecified atom stereocenters. The van der Waals surface area contributed by atoms with Crippen LogP contribution in [-0.2, 0) is 25.5 Å². The maximum atomic E-state index is 12.5. The Morgan fingerprint density at radius 1 is 1.29 bits per heavy atom. The molecule has 2 fully saturated rings. The molecule has 1 heterocycles. The fourth-order valence-corrected chi connectivity index (χ4v) is 3.40. The van der Waals surface area contributed by atoms with E-state index >= 15 is 0 Å². The molecule has 0 spiro atoms. The van der Waals surface area contributed by atoms with Crippen LogP contribution in [-0.4, -0.2) is 54.0 Å². The highest BCUT2D eigenvalue weighted by Gasteiger charge is 2.56. The number of amides is 4. The molecule has 8 nitrogen and oxygen atoms in total. The van der Waals surface area contributed by atoms with Gasteiger partial charge >= 0.3 is 12.0 Å². The van der Waals surface area contributed by atoms with Crippen molar-refractivity contribution in [1.82, 2.24) is 15.5 Å². The van der Waals surface area contributed by atoms with Crippen molar-refractivity contribution in [1.29, 1.82) is 0 Å². The molecule has 2 aliphatic rings. The maximum Gasteiger partial charge on any atom is 0.326 e. The van der Waals surface area contributed by atoms with Crippen molar-refractivity contribution in [3.8, 4) is 0 Å². The van der Waals surface area contributed by atoms with Gasteiger partial charge in [0.1, 0.15) is 12.1 Å². The van der Waals surface area contributed by atoms with E-state index in [1.165, 1.54) is 0 Å². The maximum absolute atomic E-state index is 12.5. The Labute approximate surface area is 163 Å². The summed E-state index contributed by atoms with van der Waals surface area (Å²) in [7, 11) is 0. The zero-order chi connectivity index (χ0) is 20.3. The van der Waals surface area contributed by atoms with E-state index in [1.54, 1.807) is 6.92 Å². The third kappa shape index (κ3) is 4.32. The van der Waals surface area contributed by atoms with Gasteiger partial charge in [-0.1, -0.05) is 24.3 Å². The zero-order valence-corrected chi connectivity index (χ0v) is 16.1. The molecular formula is C20H25N3O5. The van der Waals surface area contributed by atoms with E-state index in [2.05, 4.69) is 10.6 Å². The van der Waals surface area contributed by atoms with Crippen molar-refractivity contribution in [2.45, 2.75) is 38.6 Å². The summed E-state index contributed by atoms with van der Waals surface area (Å²) in [4.78, 5) is 49.1. The lowest BCUT2D eigenvalue weighted by Crippen LogP contribution is -2.46. The second-order valence-electron chi connectivity index (χ2n) is 7.49. The van der Waals surface area contributed by atoms with Crippen molar-refractivity contribution in [2.75, 3.05) is 19.7 Å². The molecule has 1 aliphatic carbocycles. The van der Waals surface area contributed by atoms with Crippen LogP contribution in [0.3, 0.4) is 0 Å². The van der Waals surface area contributed by atoms with E-state index < -0.39 is 42.5 Å². The minimum atomic E-state index is -0.940. The summed E-state index contributed by atoms with van der Waals surface area (Å²) >= 11 is 0. The van der Waals surface area contributed by atoms with E-state index in [9.17, 15) is 19.2 Å². The first kappa shape index (κ1) is 19.9. The lowest BCUT2D eigenvalue weighted by Gasteiger charge is -2.20. The molecule has 1 saturated carbocycles. The van der Waals surface area contributed by atoms with Gasteiger partial charge in [-0.25, -0.2) is 4.79 Å². The molecule has 150 valence electrons. The normalized spacial score (nSPS) is 21.4. The molecule has 28 heavy (non-hydrogen) atoms. The Morgan fingerprint density at radius 3 is 2.68 bits per heavy atom. The van der Waals surface area contributed by atoms with Gasteiger partial charge in [0.2, 0.25) is 0 Å². The van der Waals surface area contributed by atoms with Crippen LogP contribution in [0.5, 0.6) is 0 Å². The van der Waals surface area contributed by atoms with Gasteiger partial charge in [0, 0.05) is 6.54 Å². The number of carbonyl (C=O) groups excluding carboxylic acids is 4. The van der Waals surface area contributed by atoms with Crippen LogP contribution in [0.25, 0.3) is 0 Å². The fraction of sp³-hybridized carbons (Fsp3) is 0.500. The summed E-state index contributed by atoms with van der Waals surface area (Å²) in [5, 5.41) is 5.35. The monoisotopic (exact) mass is 387 g/mol. The minimum absolute atomic E-state index is 0.115. The Balaban J connectivity index is 1.39. The van der Waals surface area contributed by atoms with Gasteiger partial charge < -0.3 is 15.4 Å². The summed E-state index contributed by atoms with van der Waals surface area (Å²) in [6.45, 7) is 3.16. The third-order valence-electron chi connectivity index (χ3n) is 5.32. The predicted octanol–water partition coefficient (Wildman–Crippen LogP) is 0.917. The van der Waals surface area contributed by atoms with Gasteiger partial charge in [-0.2, -0.15) is 0 Å². The largest absolute Gasteiger partial charge is 0.454 e. The lowest BCUT2D eigenvalue weighted by atomic mass is 9.96. The second kappa shape index (κ2) is 8.00. The van der Waals surface area contributed by atoms with Crippen molar-refractivity contribution in [3.63, 3.8) is 0 Å². The number of nitrogens with one attached hydrogen (secondary N) is 2. The van der Waals surface area contributed by atoms with Crippen LogP contribution in [0.4, 0.5) is 4.79 Å². The van der Waals surface area contributed by atoms with Gasteiger partial charge in [-0.05, 0) is 50.2 Å². The number of urea groups is 1. The Bertz CT molecular complexity index is 805. The Hall–Kier alpha value is -2.90. The lowest BCUT2D eigenvalue weighted by molar-refractivity contribution is -0.151. The van der Waals surface area contributed by atoms with Gasteiger partial charge in [0.15, 0.2) is 6.61 Å². The first-order valence-corrected chi connectivity index (χ1v) is 9.42. The van der Waals surface area contributed by atoms with E-state index in [4.69, 9.17) is 4.74 Å². The molecule has 4 amide bonds. The van der Waals surface area contributed by atoms with Crippen molar-refractivity contribution in [2.24, 2.45) is 5.92 Å². The summed E-state index contributed by atoms with van der Waals surface area (Å²) < 4.78 is 4.91. The first-order valence-electron chi connectivity index (χ1n) is 9.42. The number of imide groups is 1. The topological polar surface area (TPSA) is 105 Å². The number of nitrogens with zero attached hydrogens (tertiary/aromatic N) is 1. The quantitative estimate of drug-likeness (QED) is 0.510. The highest BCUT2D eigenvalue weighted by atomic mass is 16.5. The number of ether oxygens (including phenoxy) is 1. The van der Waals surface area contributed by atoms with E-state index in [-0.39, 0.29) is 5.92 Å². The molecule has 3 rings (SSSR count). The van der Waals surface area contributed by atoms with Gasteiger partial charge in [-0.3, -0.25) is 19.3 Å². The summed E-state index contributed by atoms with van der Waals surface area (Å²) in [5.74, 6) is -1.52. The van der Waals surface area contributed by atoms with Crippen molar-refractivity contribution < 1.29 is 23.9 Å². The van der Waals surface area contributed by atoms with Crippen LogP contribution in [0.2, 0.25) is 0 Å². The summed E-state index contributed by atoms with van der Waals surface area (Å²) in [6, 6.07) is 7.29. The number of benzene rings is 1. The molecule has 1 saturated heterocycles. The number of esters is 1. The average Bonchev–Trinajstić information content (AvgIpc) is 3.48. The molecule has 1 atom stereocenters. The van der Waals surface area contributed by atoms with E-state index in [0.29, 0.717) is 13.0 Å². The second-order valence-corrected chi connectivity index (χ2v) is 7.49. The number of carbonyl (C=O) groups is 4. The average molecular weight is 387 g/mol. The van der Waals surface area contributed by atoms with Gasteiger partial charge in [0.25, 0.3) is 11.8 Å². The third-order valence-corrected chi connectivity index (χ3v) is 5.32. The van der Waals surface area contributed by atoms with E-state index in [1.807, 2.05) is 31.2 Å². The van der Waals surface area contributed by atoms with Crippen LogP contribution >= 0.6 is 0 Å². The van der Waals surface area contributed by atoms with Crippen molar-refractivity contribution in [3.05, 3.63) is 35.4 Å². The fourth-order valence-electron chi connectivity index (χ4n) is 3.40. The molecule has 0 radical (unpaired) electrons. The molecular weight excluding hydrogens is 362 g/mol. The molecule has 2 N–H and O–H groups in total. The number of hydrogen-bond donors (Lipinski definition) is 2. The number of aryl methyl sites for hydroxylation is 1. The van der Waals surface area contributed by atoms with Gasteiger partial charge in [-0.15, -0.1) is 0 Å². The summed E-state index contributed by atoms with van der Waals surface area (Å²) in [5.41, 5.74) is 1.34. The number of hydrogen-bond acceptors (Lipinski definition) is 5. The minimum Gasteiger partial charge on any atom is -0.454 e. The van der Waals surface area contributed by atoms with Crippen LogP contribution in [0, 0.1) is 12.8 Å². The predicted molar refractivity (Wildman–Crippen MR) is 100 cm³/mol. The highest BCUT2D eigenvalue weighted by Crippen LogP contribution is 2.42. The molecule has 1 aromatic carbocycles. The van der Waals surface area contributed by atoms with Crippen LogP contribution in [0.1, 0.15) is 30.9 Å². The number of rotatable bonds is 8. The molecule has 1 aromatic rings. The molecule has 1 aliphatic heterocycles. The Kier molecular flexibility index (Phi) is 5.67. The van der Waals surface area contributed by atoms with Crippen LogP contribution in [0.15, 0.2) is 24.3 Å². The zero-order valence-electron chi connectivity index (χ0n) is 16.1. The molecule has 8 heteroatoms. The van der Waals surface area contributed by atoms with Crippen molar-refractivity contribution >= 4 is 23.8 Å². The molecule has 0 bridgehead atoms. The highest BCUT2D eigenvalue weighted by molar-refractivity contribution is 6.08. The SMILES string of the molecule is Cc1ccccc1CCNC(=O)COC(=O)CN1C(=O)N[C@](C)(C2CC2)C1=O. The standard InChI is InChI=1S/C20H25N3O5/c1-13-5-3-4-6-14(13)9-10-21-16(24)12-28-17(25)11-23-18(26)20(2,15-7-8-15)22-19(23)27/h3-6,15H,7-12H2,1-2H3,(H,21,24)(H,22,27)/t20-/m1/s1.